The number of imide groups is 1. The standard InChI is InChI=1S/C16H21N3O5/c1-11(24-15(21)13-9-5-6-10-19(13)23)14(20)18-16(22)17-12-7-3-2-4-8-12/h5-6,9-12H,2-4,7-8H2,1H3,(H2,17,18,20,22)/t11-/m1/s1. The highest BCUT2D eigenvalue weighted by Crippen LogP contribution is 2.17. The number of hydrogen-bond donors (Lipinski definition) is 2. The van der Waals surface area contributed by atoms with Gasteiger partial charge >= 0.3 is 17.7 Å². The molecule has 1 aliphatic rings. The van der Waals surface area contributed by atoms with Gasteiger partial charge in [0.2, 0.25) is 0 Å². The van der Waals surface area contributed by atoms with Crippen LogP contribution >= 0.6 is 0 Å². The number of aromatic nitrogens is 1. The number of hydrogen-bond acceptors (Lipinski definition) is 5. The molecule has 130 valence electrons. The Balaban J connectivity index is 1.82. The molecule has 0 bridgehead atoms. The number of carbonyl (C=O) groups is 3. The summed E-state index contributed by atoms with van der Waals surface area (Å²) in [6, 6.07) is 3.72. The summed E-state index contributed by atoms with van der Waals surface area (Å²) in [5, 5.41) is 16.3. The molecule has 0 unspecified atom stereocenters. The number of rotatable bonds is 4. The molecule has 24 heavy (non-hydrogen) atoms. The van der Waals surface area contributed by atoms with E-state index >= 15 is 0 Å². The quantitative estimate of drug-likeness (QED) is 0.485. The van der Waals surface area contributed by atoms with Crippen molar-refractivity contribution in [3.05, 3.63) is 35.3 Å². The molecule has 3 amide bonds. The molecule has 1 fully saturated rings. The molecule has 8 nitrogen and oxygen atoms in total. The van der Waals surface area contributed by atoms with Gasteiger partial charge in [-0.05, 0) is 25.8 Å². The van der Waals surface area contributed by atoms with Crippen LogP contribution in [-0.4, -0.2) is 30.1 Å². The Morgan fingerprint density at radius 1 is 1.25 bits per heavy atom. The van der Waals surface area contributed by atoms with Crippen LogP contribution < -0.4 is 15.4 Å². The van der Waals surface area contributed by atoms with Gasteiger partial charge in [-0.15, -0.1) is 0 Å². The van der Waals surface area contributed by atoms with Crippen LogP contribution in [0.4, 0.5) is 4.79 Å². The van der Waals surface area contributed by atoms with Crippen LogP contribution in [0.5, 0.6) is 0 Å². The van der Waals surface area contributed by atoms with Gasteiger partial charge in [-0.3, -0.25) is 10.1 Å². The highest BCUT2D eigenvalue weighted by atomic mass is 16.6. The molecule has 1 heterocycles. The van der Waals surface area contributed by atoms with E-state index in [-0.39, 0.29) is 11.7 Å². The second-order valence-corrected chi connectivity index (χ2v) is 5.76. The molecule has 2 rings (SSSR count). The molecule has 1 atom stereocenters. The number of ether oxygens (including phenoxy) is 1. The summed E-state index contributed by atoms with van der Waals surface area (Å²) >= 11 is 0. The smallest absolute Gasteiger partial charge is 0.405 e. The summed E-state index contributed by atoms with van der Waals surface area (Å²) < 4.78 is 5.27. The Hall–Kier alpha value is -2.64. The van der Waals surface area contributed by atoms with Crippen molar-refractivity contribution < 1.29 is 23.9 Å². The van der Waals surface area contributed by atoms with Crippen molar-refractivity contribution in [1.29, 1.82) is 0 Å². The van der Waals surface area contributed by atoms with Crippen molar-refractivity contribution in [2.45, 2.75) is 51.2 Å². The second-order valence-electron chi connectivity index (χ2n) is 5.76. The Morgan fingerprint density at radius 2 is 1.96 bits per heavy atom. The fourth-order valence-electron chi connectivity index (χ4n) is 2.54. The van der Waals surface area contributed by atoms with E-state index in [1.54, 1.807) is 0 Å². The summed E-state index contributed by atoms with van der Waals surface area (Å²) in [5.74, 6) is -1.68. The molecule has 1 aromatic heterocycles. The molecular formula is C16H21N3O5. The van der Waals surface area contributed by atoms with Gasteiger partial charge in [0, 0.05) is 18.2 Å². The fourth-order valence-corrected chi connectivity index (χ4v) is 2.54. The normalized spacial score (nSPS) is 16.0. The number of carbonyl (C=O) groups excluding carboxylic acids is 3. The summed E-state index contributed by atoms with van der Waals surface area (Å²) in [6.45, 7) is 1.33. The van der Waals surface area contributed by atoms with E-state index in [0.717, 1.165) is 38.3 Å². The second kappa shape index (κ2) is 8.28. The van der Waals surface area contributed by atoms with Gasteiger partial charge in [-0.2, -0.15) is 4.73 Å². The molecule has 0 aromatic carbocycles. The van der Waals surface area contributed by atoms with Crippen molar-refractivity contribution in [3.63, 3.8) is 0 Å². The molecule has 1 aliphatic carbocycles. The monoisotopic (exact) mass is 335 g/mol. The van der Waals surface area contributed by atoms with Gasteiger partial charge < -0.3 is 15.3 Å². The SMILES string of the molecule is C[C@@H](OC(=O)c1cccc[n+]1[O-])C(=O)NC(=O)NC1CCCCC1. The fraction of sp³-hybridized carbons (Fsp3) is 0.500. The predicted octanol–water partition coefficient (Wildman–Crippen LogP) is 1.02. The average molecular weight is 335 g/mol. The first kappa shape index (κ1) is 17.7. The summed E-state index contributed by atoms with van der Waals surface area (Å²) in [6.07, 6.45) is 5.00. The topological polar surface area (TPSA) is 111 Å². The van der Waals surface area contributed by atoms with Crippen LogP contribution in [0, 0.1) is 5.21 Å². The first-order valence-corrected chi connectivity index (χ1v) is 7.98. The van der Waals surface area contributed by atoms with Crippen LogP contribution in [0.3, 0.4) is 0 Å². The van der Waals surface area contributed by atoms with Gasteiger partial charge in [-0.1, -0.05) is 19.3 Å². The number of pyridine rings is 1. The lowest BCUT2D eigenvalue weighted by Gasteiger charge is -2.23. The van der Waals surface area contributed by atoms with Gasteiger partial charge in [0.15, 0.2) is 12.3 Å². The predicted molar refractivity (Wildman–Crippen MR) is 83.8 cm³/mol. The lowest BCUT2D eigenvalue weighted by atomic mass is 9.96. The minimum absolute atomic E-state index is 0.0631. The van der Waals surface area contributed by atoms with Crippen LogP contribution in [0.15, 0.2) is 24.4 Å². The van der Waals surface area contributed by atoms with Crippen LogP contribution in [0.1, 0.15) is 49.5 Å². The van der Waals surface area contributed by atoms with Crippen LogP contribution in [0.25, 0.3) is 0 Å². The van der Waals surface area contributed by atoms with E-state index in [2.05, 4.69) is 10.6 Å². The van der Waals surface area contributed by atoms with E-state index in [4.69, 9.17) is 4.74 Å². The Bertz CT molecular complexity index is 613. The highest BCUT2D eigenvalue weighted by Gasteiger charge is 2.25. The molecular weight excluding hydrogens is 314 g/mol. The summed E-state index contributed by atoms with van der Waals surface area (Å²) in [5.41, 5.74) is -0.233. The number of urea groups is 1. The molecule has 8 heteroatoms. The third-order valence-corrected chi connectivity index (χ3v) is 3.86. The summed E-state index contributed by atoms with van der Waals surface area (Å²) in [4.78, 5) is 35.6. The van der Waals surface area contributed by atoms with E-state index in [0.29, 0.717) is 4.73 Å². The Labute approximate surface area is 139 Å². The van der Waals surface area contributed by atoms with Gasteiger partial charge in [0.05, 0.1) is 0 Å². The Kier molecular flexibility index (Phi) is 6.11. The number of amides is 3. The summed E-state index contributed by atoms with van der Waals surface area (Å²) in [7, 11) is 0. The van der Waals surface area contributed by atoms with Crippen LogP contribution in [0.2, 0.25) is 0 Å². The molecule has 0 radical (unpaired) electrons. The van der Waals surface area contributed by atoms with E-state index in [1.165, 1.54) is 25.1 Å². The van der Waals surface area contributed by atoms with E-state index in [9.17, 15) is 19.6 Å². The van der Waals surface area contributed by atoms with Crippen LogP contribution in [-0.2, 0) is 9.53 Å². The zero-order chi connectivity index (χ0) is 17.5. The lowest BCUT2D eigenvalue weighted by Crippen LogP contribution is -2.48. The molecule has 0 saturated heterocycles. The first-order chi connectivity index (χ1) is 11.5. The van der Waals surface area contributed by atoms with Crippen molar-refractivity contribution in [2.24, 2.45) is 0 Å². The minimum Gasteiger partial charge on any atom is -0.618 e. The maximum absolute atomic E-state index is 11.9. The number of esters is 1. The average Bonchev–Trinajstić information content (AvgIpc) is 2.55. The molecule has 0 spiro atoms. The third-order valence-electron chi connectivity index (χ3n) is 3.86. The van der Waals surface area contributed by atoms with Crippen molar-refractivity contribution in [2.75, 3.05) is 0 Å². The largest absolute Gasteiger partial charge is 0.618 e. The van der Waals surface area contributed by atoms with E-state index in [1.807, 2.05) is 0 Å². The third kappa shape index (κ3) is 4.94. The Morgan fingerprint density at radius 3 is 2.62 bits per heavy atom. The molecule has 2 N–H and O–H groups in total. The van der Waals surface area contributed by atoms with Crippen molar-refractivity contribution in [3.8, 4) is 0 Å². The maximum atomic E-state index is 11.9. The van der Waals surface area contributed by atoms with E-state index < -0.39 is 24.0 Å². The highest BCUT2D eigenvalue weighted by molar-refractivity contribution is 5.98. The first-order valence-electron chi connectivity index (χ1n) is 7.98. The maximum Gasteiger partial charge on any atom is 0.405 e. The van der Waals surface area contributed by atoms with Crippen molar-refractivity contribution >= 4 is 17.9 Å². The molecule has 1 saturated carbocycles. The van der Waals surface area contributed by atoms with Gasteiger partial charge in [0.1, 0.15) is 0 Å². The minimum atomic E-state index is -1.20. The number of nitrogens with one attached hydrogen (secondary N) is 2. The molecule has 1 aromatic rings. The van der Waals surface area contributed by atoms with Crippen molar-refractivity contribution in [1.82, 2.24) is 10.6 Å². The lowest BCUT2D eigenvalue weighted by molar-refractivity contribution is -0.608. The molecule has 0 aliphatic heterocycles. The zero-order valence-corrected chi connectivity index (χ0v) is 13.5. The van der Waals surface area contributed by atoms with Gasteiger partial charge in [-0.25, -0.2) is 9.59 Å². The van der Waals surface area contributed by atoms with Gasteiger partial charge in [0.25, 0.3) is 5.91 Å². The zero-order valence-electron chi connectivity index (χ0n) is 13.5. The number of nitrogens with zero attached hydrogens (tertiary/aromatic N) is 1.